The van der Waals surface area contributed by atoms with E-state index in [1.54, 1.807) is 0 Å². The van der Waals surface area contributed by atoms with Crippen LogP contribution in [0.4, 0.5) is 0 Å². The van der Waals surface area contributed by atoms with E-state index in [0.717, 1.165) is 32.7 Å². The van der Waals surface area contributed by atoms with Gasteiger partial charge in [-0.3, -0.25) is 24.3 Å². The van der Waals surface area contributed by atoms with Crippen LogP contribution in [0.25, 0.3) is 10.8 Å². The van der Waals surface area contributed by atoms with Crippen LogP contribution in [-0.2, 0) is 16.1 Å². The summed E-state index contributed by atoms with van der Waals surface area (Å²) in [7, 11) is 0. The smallest absolute Gasteiger partial charge is 0.234 e. The van der Waals surface area contributed by atoms with E-state index in [4.69, 9.17) is 0 Å². The number of fused-ring (bicyclic) bond motifs is 2. The molecule has 5 nitrogen and oxygen atoms in total. The molecule has 29 heavy (non-hydrogen) atoms. The number of carbonyl (C=O) groups excluding carboxylic acids is 2. The largest absolute Gasteiger partial charge is 0.297 e. The molecule has 0 saturated carbocycles. The molecule has 2 fully saturated rings. The van der Waals surface area contributed by atoms with E-state index < -0.39 is 0 Å². The highest BCUT2D eigenvalue weighted by Crippen LogP contribution is 2.35. The number of hydrogen-bond acceptors (Lipinski definition) is 4. The highest BCUT2D eigenvalue weighted by atomic mass is 16.2. The van der Waals surface area contributed by atoms with Gasteiger partial charge in [-0.05, 0) is 29.2 Å². The van der Waals surface area contributed by atoms with Crippen LogP contribution in [-0.4, -0.2) is 59.4 Å². The molecule has 1 aliphatic carbocycles. The van der Waals surface area contributed by atoms with Crippen LogP contribution in [0.15, 0.2) is 54.6 Å². The summed E-state index contributed by atoms with van der Waals surface area (Å²) < 4.78 is 0. The number of amides is 2. The fourth-order valence-electron chi connectivity index (χ4n) is 4.97. The molecule has 2 saturated heterocycles. The van der Waals surface area contributed by atoms with Crippen molar-refractivity contribution in [2.45, 2.75) is 19.4 Å². The standard InChI is InChI=1S/C24H27N3O2/c28-23-21-10-3-4-11-22(21)24(29)27(23)17-26-14-12-25(13-15-26)16-19-8-5-7-18-6-1-2-9-20(18)19/h1-9,21-22H,10-17H2/t21-,22+. The molecule has 0 radical (unpaired) electrons. The maximum atomic E-state index is 12.7. The summed E-state index contributed by atoms with van der Waals surface area (Å²) in [6.45, 7) is 5.06. The number of allylic oxidation sites excluding steroid dienone is 2. The lowest BCUT2D eigenvalue weighted by molar-refractivity contribution is -0.142. The van der Waals surface area contributed by atoms with Crippen molar-refractivity contribution in [1.29, 1.82) is 0 Å². The molecular weight excluding hydrogens is 362 g/mol. The molecule has 2 aliphatic heterocycles. The van der Waals surface area contributed by atoms with Gasteiger partial charge in [-0.2, -0.15) is 0 Å². The lowest BCUT2D eigenvalue weighted by atomic mass is 9.85. The van der Waals surface area contributed by atoms with Gasteiger partial charge in [-0.15, -0.1) is 0 Å². The maximum Gasteiger partial charge on any atom is 0.234 e. The number of likely N-dealkylation sites (tertiary alicyclic amines) is 1. The predicted molar refractivity (Wildman–Crippen MR) is 113 cm³/mol. The fraction of sp³-hybridized carbons (Fsp3) is 0.417. The van der Waals surface area contributed by atoms with E-state index in [1.807, 2.05) is 12.2 Å². The molecule has 150 valence electrons. The Kier molecular flexibility index (Phi) is 4.94. The Hall–Kier alpha value is -2.50. The monoisotopic (exact) mass is 389 g/mol. The zero-order chi connectivity index (χ0) is 19.8. The Morgan fingerprint density at radius 2 is 1.38 bits per heavy atom. The van der Waals surface area contributed by atoms with Crippen LogP contribution in [0.1, 0.15) is 18.4 Å². The summed E-state index contributed by atoms with van der Waals surface area (Å²) in [5.74, 6) is -0.189. The molecule has 0 spiro atoms. The van der Waals surface area contributed by atoms with Crippen LogP contribution in [0.2, 0.25) is 0 Å². The molecule has 5 heteroatoms. The van der Waals surface area contributed by atoms with Gasteiger partial charge >= 0.3 is 0 Å². The van der Waals surface area contributed by atoms with E-state index in [9.17, 15) is 9.59 Å². The number of piperazine rings is 1. The first-order valence-corrected chi connectivity index (χ1v) is 10.6. The Morgan fingerprint density at radius 1 is 0.759 bits per heavy atom. The molecule has 2 aromatic rings. The van der Waals surface area contributed by atoms with Gasteiger partial charge in [0.05, 0.1) is 18.5 Å². The third kappa shape index (κ3) is 3.49. The minimum absolute atomic E-state index is 0.0301. The second kappa shape index (κ2) is 7.73. The van der Waals surface area contributed by atoms with Crippen molar-refractivity contribution >= 4 is 22.6 Å². The minimum atomic E-state index is -0.125. The van der Waals surface area contributed by atoms with E-state index in [0.29, 0.717) is 19.5 Å². The van der Waals surface area contributed by atoms with Crippen LogP contribution in [0, 0.1) is 11.8 Å². The topological polar surface area (TPSA) is 43.9 Å². The first kappa shape index (κ1) is 18.5. The number of rotatable bonds is 4. The Balaban J connectivity index is 1.19. The van der Waals surface area contributed by atoms with Crippen molar-refractivity contribution in [2.24, 2.45) is 11.8 Å². The number of nitrogens with zero attached hydrogens (tertiary/aromatic N) is 3. The van der Waals surface area contributed by atoms with E-state index in [-0.39, 0.29) is 23.7 Å². The van der Waals surface area contributed by atoms with E-state index in [2.05, 4.69) is 52.3 Å². The summed E-state index contributed by atoms with van der Waals surface area (Å²) in [5, 5.41) is 2.60. The number of imide groups is 1. The highest BCUT2D eigenvalue weighted by Gasteiger charge is 2.47. The molecule has 2 amide bonds. The lowest BCUT2D eigenvalue weighted by Crippen LogP contribution is -2.51. The molecule has 3 aliphatic rings. The van der Waals surface area contributed by atoms with Crippen LogP contribution in [0.5, 0.6) is 0 Å². The predicted octanol–water partition coefficient (Wildman–Crippen LogP) is 2.87. The normalized spacial score (nSPS) is 25.7. The molecule has 0 aromatic heterocycles. The molecule has 2 heterocycles. The summed E-state index contributed by atoms with van der Waals surface area (Å²) in [6.07, 6.45) is 5.51. The Bertz CT molecular complexity index is 930. The summed E-state index contributed by atoms with van der Waals surface area (Å²) in [6, 6.07) is 15.0. The zero-order valence-corrected chi connectivity index (χ0v) is 16.7. The molecule has 5 rings (SSSR count). The number of benzene rings is 2. The Morgan fingerprint density at radius 3 is 2.10 bits per heavy atom. The van der Waals surface area contributed by atoms with Crippen molar-refractivity contribution in [1.82, 2.24) is 14.7 Å². The van der Waals surface area contributed by atoms with Crippen LogP contribution in [0.3, 0.4) is 0 Å². The summed E-state index contributed by atoms with van der Waals surface area (Å²) in [4.78, 5) is 31.6. The van der Waals surface area contributed by atoms with Crippen molar-refractivity contribution in [3.63, 3.8) is 0 Å². The van der Waals surface area contributed by atoms with Gasteiger partial charge in [0.15, 0.2) is 0 Å². The number of hydrogen-bond donors (Lipinski definition) is 0. The van der Waals surface area contributed by atoms with Gasteiger partial charge in [0.2, 0.25) is 11.8 Å². The summed E-state index contributed by atoms with van der Waals surface area (Å²) in [5.41, 5.74) is 1.36. The maximum absolute atomic E-state index is 12.7. The third-order valence-corrected chi connectivity index (χ3v) is 6.68. The highest BCUT2D eigenvalue weighted by molar-refractivity contribution is 6.05. The van der Waals surface area contributed by atoms with E-state index >= 15 is 0 Å². The average molecular weight is 389 g/mol. The number of carbonyl (C=O) groups is 2. The van der Waals surface area contributed by atoms with Crippen molar-refractivity contribution in [2.75, 3.05) is 32.8 Å². The Labute approximate surface area is 171 Å². The molecular formula is C24H27N3O2. The first-order valence-electron chi connectivity index (χ1n) is 10.6. The average Bonchev–Trinajstić information content (AvgIpc) is 3.00. The molecule has 0 N–H and O–H groups in total. The lowest BCUT2D eigenvalue weighted by Gasteiger charge is -2.36. The van der Waals surface area contributed by atoms with Gasteiger partial charge in [0.1, 0.15) is 0 Å². The van der Waals surface area contributed by atoms with Gasteiger partial charge in [0.25, 0.3) is 0 Å². The summed E-state index contributed by atoms with van der Waals surface area (Å²) >= 11 is 0. The SMILES string of the molecule is O=C1[C@H]2CC=CC[C@H]2C(=O)N1CN1CCN(Cc2cccc3ccccc23)CC1. The second-order valence-corrected chi connectivity index (χ2v) is 8.43. The molecule has 0 bridgehead atoms. The van der Waals surface area contributed by atoms with Crippen molar-refractivity contribution < 1.29 is 9.59 Å². The molecule has 0 unspecified atom stereocenters. The van der Waals surface area contributed by atoms with Crippen LogP contribution >= 0.6 is 0 Å². The van der Waals surface area contributed by atoms with E-state index in [1.165, 1.54) is 21.2 Å². The first-order chi connectivity index (χ1) is 14.2. The van der Waals surface area contributed by atoms with Crippen molar-refractivity contribution in [3.05, 3.63) is 60.2 Å². The van der Waals surface area contributed by atoms with Gasteiger partial charge < -0.3 is 0 Å². The fourth-order valence-corrected chi connectivity index (χ4v) is 4.97. The zero-order valence-electron chi connectivity index (χ0n) is 16.7. The minimum Gasteiger partial charge on any atom is -0.297 e. The molecule has 2 aromatic carbocycles. The third-order valence-electron chi connectivity index (χ3n) is 6.68. The van der Waals surface area contributed by atoms with Gasteiger partial charge in [-0.25, -0.2) is 0 Å². The van der Waals surface area contributed by atoms with Gasteiger partial charge in [0, 0.05) is 32.7 Å². The van der Waals surface area contributed by atoms with Crippen LogP contribution < -0.4 is 0 Å². The quantitative estimate of drug-likeness (QED) is 0.596. The van der Waals surface area contributed by atoms with Gasteiger partial charge in [-0.1, -0.05) is 54.6 Å². The second-order valence-electron chi connectivity index (χ2n) is 8.43. The molecule has 2 atom stereocenters. The van der Waals surface area contributed by atoms with Crippen molar-refractivity contribution in [3.8, 4) is 0 Å².